The highest BCUT2D eigenvalue weighted by atomic mass is 19.1. The Kier molecular flexibility index (Phi) is 2.67. The minimum atomic E-state index is -1.20. The average molecular weight is 175 g/mol. The highest BCUT2D eigenvalue weighted by Crippen LogP contribution is 2.31. The lowest BCUT2D eigenvalue weighted by atomic mass is 9.79. The summed E-state index contributed by atoms with van der Waals surface area (Å²) < 4.78 is 12.0. The summed E-state index contributed by atoms with van der Waals surface area (Å²) >= 11 is 0. The third-order valence-corrected chi connectivity index (χ3v) is 2.21. The molecule has 0 bridgehead atoms. The quantitative estimate of drug-likeness (QED) is 0.651. The largest absolute Gasteiger partial charge is 0.380 e. The van der Waals surface area contributed by atoms with Gasteiger partial charge in [0.2, 0.25) is 0 Å². The summed E-state index contributed by atoms with van der Waals surface area (Å²) in [6.45, 7) is 0.974. The normalized spacial score (nSPS) is 22.6. The van der Waals surface area contributed by atoms with Gasteiger partial charge in [-0.3, -0.25) is 4.79 Å². The van der Waals surface area contributed by atoms with Gasteiger partial charge in [-0.1, -0.05) is 0 Å². The molecule has 1 aliphatic carbocycles. The van der Waals surface area contributed by atoms with Crippen LogP contribution in [0.15, 0.2) is 0 Å². The molecule has 2 N–H and O–H groups in total. The van der Waals surface area contributed by atoms with Crippen molar-refractivity contribution in [2.75, 3.05) is 6.67 Å². The zero-order valence-corrected chi connectivity index (χ0v) is 7.14. The molecule has 0 radical (unpaired) electrons. The molecule has 12 heavy (non-hydrogen) atoms. The molecular weight excluding hydrogens is 161 g/mol. The Hall–Kier alpha value is -0.640. The number of hydrogen-bond donors (Lipinski definition) is 2. The van der Waals surface area contributed by atoms with Crippen LogP contribution >= 0.6 is 0 Å². The van der Waals surface area contributed by atoms with E-state index in [0.29, 0.717) is 12.8 Å². The third-order valence-electron chi connectivity index (χ3n) is 2.21. The van der Waals surface area contributed by atoms with Crippen LogP contribution in [0.25, 0.3) is 0 Å². The van der Waals surface area contributed by atoms with E-state index in [9.17, 15) is 14.3 Å². The first-order valence-electron chi connectivity index (χ1n) is 4.18. The molecule has 1 fully saturated rings. The van der Waals surface area contributed by atoms with E-state index in [1.165, 1.54) is 0 Å². The minimum absolute atomic E-state index is 0.432. The van der Waals surface area contributed by atoms with E-state index in [-0.39, 0.29) is 0 Å². The molecule has 0 heterocycles. The molecule has 4 heteroatoms. The zero-order valence-electron chi connectivity index (χ0n) is 7.14. The lowest BCUT2D eigenvalue weighted by Crippen LogP contribution is -2.54. The average Bonchev–Trinajstić information content (AvgIpc) is 1.99. The number of nitrogens with one attached hydrogen (secondary N) is 1. The van der Waals surface area contributed by atoms with Crippen LogP contribution in [0, 0.1) is 0 Å². The number of halogens is 1. The van der Waals surface area contributed by atoms with Gasteiger partial charge in [0.25, 0.3) is 5.91 Å². The highest BCUT2D eigenvalue weighted by molar-refractivity contribution is 5.86. The molecule has 0 aliphatic heterocycles. The number of alkyl halides is 1. The van der Waals surface area contributed by atoms with Gasteiger partial charge in [0, 0.05) is 0 Å². The van der Waals surface area contributed by atoms with Gasteiger partial charge in [0.05, 0.1) is 6.04 Å². The monoisotopic (exact) mass is 175 g/mol. The Bertz CT molecular complexity index is 180. The summed E-state index contributed by atoms with van der Waals surface area (Å²) in [6.07, 6.45) is 1.86. The number of carbonyl (C=O) groups excluding carboxylic acids is 1. The minimum Gasteiger partial charge on any atom is -0.380 e. The molecular formula is C8H14FNO2. The van der Waals surface area contributed by atoms with Gasteiger partial charge in [-0.2, -0.15) is 0 Å². The highest BCUT2D eigenvalue weighted by Gasteiger charge is 2.42. The van der Waals surface area contributed by atoms with Crippen molar-refractivity contribution in [1.29, 1.82) is 0 Å². The van der Waals surface area contributed by atoms with Gasteiger partial charge in [-0.15, -0.1) is 0 Å². The Morgan fingerprint density at radius 2 is 2.33 bits per heavy atom. The van der Waals surface area contributed by atoms with E-state index < -0.39 is 24.2 Å². The first-order valence-corrected chi connectivity index (χ1v) is 4.18. The maximum Gasteiger partial charge on any atom is 0.252 e. The van der Waals surface area contributed by atoms with Crippen molar-refractivity contribution in [2.24, 2.45) is 0 Å². The molecule has 0 aromatic rings. The van der Waals surface area contributed by atoms with Crippen molar-refractivity contribution in [3.63, 3.8) is 0 Å². The third kappa shape index (κ3) is 1.75. The second-order valence-corrected chi connectivity index (χ2v) is 3.41. The first-order chi connectivity index (χ1) is 5.58. The van der Waals surface area contributed by atoms with Crippen molar-refractivity contribution in [2.45, 2.75) is 37.8 Å². The van der Waals surface area contributed by atoms with Crippen LogP contribution < -0.4 is 5.32 Å². The first kappa shape index (κ1) is 9.45. The van der Waals surface area contributed by atoms with Crippen LogP contribution in [0.3, 0.4) is 0 Å². The molecule has 1 rings (SSSR count). The number of rotatable bonds is 3. The summed E-state index contributed by atoms with van der Waals surface area (Å²) in [7, 11) is 0. The molecule has 3 nitrogen and oxygen atoms in total. The summed E-state index contributed by atoms with van der Waals surface area (Å²) in [5.74, 6) is -0.432. The number of aliphatic hydroxyl groups is 1. The van der Waals surface area contributed by atoms with Crippen LogP contribution in [0.4, 0.5) is 4.39 Å². The Morgan fingerprint density at radius 3 is 2.67 bits per heavy atom. The molecule has 1 amide bonds. The SMILES string of the molecule is CC(CF)NC(=O)C1(O)CCC1. The van der Waals surface area contributed by atoms with Crippen LogP contribution in [0.2, 0.25) is 0 Å². The van der Waals surface area contributed by atoms with E-state index in [1.54, 1.807) is 6.92 Å². The standard InChI is InChI=1S/C8H14FNO2/c1-6(5-9)10-7(11)8(12)3-2-4-8/h6,12H,2-5H2,1H3,(H,10,11). The van der Waals surface area contributed by atoms with Crippen LogP contribution in [0.1, 0.15) is 26.2 Å². The molecule has 0 saturated heterocycles. The molecule has 0 aromatic carbocycles. The van der Waals surface area contributed by atoms with E-state index >= 15 is 0 Å². The molecule has 1 saturated carbocycles. The zero-order chi connectivity index (χ0) is 9.19. The second kappa shape index (κ2) is 3.39. The summed E-state index contributed by atoms with van der Waals surface area (Å²) in [6, 6.07) is -0.498. The van der Waals surface area contributed by atoms with Gasteiger partial charge >= 0.3 is 0 Å². The van der Waals surface area contributed by atoms with Crippen LogP contribution in [0.5, 0.6) is 0 Å². The predicted octanol–water partition coefficient (Wildman–Crippen LogP) is 0.376. The van der Waals surface area contributed by atoms with Crippen LogP contribution in [-0.4, -0.2) is 29.3 Å². The van der Waals surface area contributed by atoms with Crippen molar-refractivity contribution in [3.05, 3.63) is 0 Å². The lowest BCUT2D eigenvalue weighted by Gasteiger charge is -2.35. The maximum atomic E-state index is 12.0. The maximum absolute atomic E-state index is 12.0. The Balaban J connectivity index is 2.37. The van der Waals surface area contributed by atoms with E-state index in [1.807, 2.05) is 0 Å². The van der Waals surface area contributed by atoms with Crippen molar-refractivity contribution in [1.82, 2.24) is 5.32 Å². The Labute approximate surface area is 71.0 Å². The van der Waals surface area contributed by atoms with Gasteiger partial charge in [-0.25, -0.2) is 4.39 Å². The molecule has 1 atom stereocenters. The summed E-state index contributed by atoms with van der Waals surface area (Å²) in [4.78, 5) is 11.2. The molecule has 1 unspecified atom stereocenters. The van der Waals surface area contributed by atoms with E-state index in [4.69, 9.17) is 0 Å². The van der Waals surface area contributed by atoms with Crippen molar-refractivity contribution in [3.8, 4) is 0 Å². The van der Waals surface area contributed by atoms with Gasteiger partial charge < -0.3 is 10.4 Å². The van der Waals surface area contributed by atoms with Crippen molar-refractivity contribution >= 4 is 5.91 Å². The smallest absolute Gasteiger partial charge is 0.252 e. The number of carbonyl (C=O) groups is 1. The fraction of sp³-hybridized carbons (Fsp3) is 0.875. The van der Waals surface area contributed by atoms with Gasteiger partial charge in [0.1, 0.15) is 12.3 Å². The van der Waals surface area contributed by atoms with Gasteiger partial charge in [0.15, 0.2) is 0 Å². The fourth-order valence-electron chi connectivity index (χ4n) is 1.14. The predicted molar refractivity (Wildman–Crippen MR) is 42.4 cm³/mol. The lowest BCUT2D eigenvalue weighted by molar-refractivity contribution is -0.149. The topological polar surface area (TPSA) is 49.3 Å². The number of hydrogen-bond acceptors (Lipinski definition) is 2. The summed E-state index contributed by atoms with van der Waals surface area (Å²) in [5.41, 5.74) is -1.20. The molecule has 0 spiro atoms. The number of amides is 1. The van der Waals surface area contributed by atoms with Gasteiger partial charge in [-0.05, 0) is 26.2 Å². The molecule has 70 valence electrons. The summed E-state index contributed by atoms with van der Waals surface area (Å²) in [5, 5.41) is 11.9. The van der Waals surface area contributed by atoms with E-state index in [0.717, 1.165) is 6.42 Å². The fourth-order valence-corrected chi connectivity index (χ4v) is 1.14. The molecule has 1 aliphatic rings. The second-order valence-electron chi connectivity index (χ2n) is 3.41. The van der Waals surface area contributed by atoms with Crippen molar-refractivity contribution < 1.29 is 14.3 Å². The van der Waals surface area contributed by atoms with E-state index in [2.05, 4.69) is 5.32 Å². The van der Waals surface area contributed by atoms with Crippen LogP contribution in [-0.2, 0) is 4.79 Å². The Morgan fingerprint density at radius 1 is 1.75 bits per heavy atom. The molecule has 0 aromatic heterocycles.